The van der Waals surface area contributed by atoms with E-state index in [4.69, 9.17) is 21.1 Å². The number of para-hydroxylation sites is 2. The molecule has 8 nitrogen and oxygen atoms in total. The molecule has 0 aliphatic carbocycles. The molecule has 1 heterocycles. The average Bonchev–Trinajstić information content (AvgIpc) is 3.31. The first-order chi connectivity index (χ1) is 18.0. The standard InChI is InChI=1S/C27H28ClN5O3S/c1-4-36-24-11-6-5-10-22(24)30-26(34)29-16-25-31-32-27(33(25)23-15-20(28)13-12-18(23)2)37-17-19-8-7-9-21(14-19)35-3/h5-15H,4,16-17H2,1-3H3,(H2,29,30,34). The molecule has 0 unspecified atom stereocenters. The van der Waals surface area contributed by atoms with Crippen LogP contribution in [0.3, 0.4) is 0 Å². The second kappa shape index (κ2) is 12.5. The molecule has 1 aromatic heterocycles. The quantitative estimate of drug-likeness (QED) is 0.232. The Morgan fingerprint density at radius 3 is 2.73 bits per heavy atom. The zero-order valence-corrected chi connectivity index (χ0v) is 22.4. The van der Waals surface area contributed by atoms with E-state index in [2.05, 4.69) is 20.8 Å². The first-order valence-corrected chi connectivity index (χ1v) is 13.1. The lowest BCUT2D eigenvalue weighted by atomic mass is 10.2. The minimum atomic E-state index is -0.380. The van der Waals surface area contributed by atoms with Crippen molar-refractivity contribution < 1.29 is 14.3 Å². The molecule has 2 N–H and O–H groups in total. The summed E-state index contributed by atoms with van der Waals surface area (Å²) in [4.78, 5) is 12.7. The van der Waals surface area contributed by atoms with E-state index in [0.717, 1.165) is 22.6 Å². The zero-order valence-electron chi connectivity index (χ0n) is 20.8. The summed E-state index contributed by atoms with van der Waals surface area (Å²) < 4.78 is 12.9. The normalized spacial score (nSPS) is 10.7. The van der Waals surface area contributed by atoms with Crippen molar-refractivity contribution in [2.75, 3.05) is 19.0 Å². The van der Waals surface area contributed by atoms with E-state index >= 15 is 0 Å². The number of carbonyl (C=O) groups is 1. The van der Waals surface area contributed by atoms with E-state index in [-0.39, 0.29) is 12.6 Å². The van der Waals surface area contributed by atoms with Gasteiger partial charge in [-0.3, -0.25) is 4.57 Å². The van der Waals surface area contributed by atoms with Crippen LogP contribution >= 0.6 is 23.4 Å². The topological polar surface area (TPSA) is 90.3 Å². The van der Waals surface area contributed by atoms with Gasteiger partial charge in [-0.05, 0) is 61.4 Å². The van der Waals surface area contributed by atoms with Gasteiger partial charge in [-0.15, -0.1) is 10.2 Å². The molecule has 3 aromatic carbocycles. The zero-order chi connectivity index (χ0) is 26.2. The number of nitrogens with zero attached hydrogens (tertiary/aromatic N) is 3. The summed E-state index contributed by atoms with van der Waals surface area (Å²) in [7, 11) is 1.65. The molecule has 2 amide bonds. The van der Waals surface area contributed by atoms with Crippen molar-refractivity contribution in [3.63, 3.8) is 0 Å². The van der Waals surface area contributed by atoms with Crippen LogP contribution in [0.4, 0.5) is 10.5 Å². The van der Waals surface area contributed by atoms with E-state index in [0.29, 0.717) is 39.8 Å². The van der Waals surface area contributed by atoms with E-state index in [1.54, 1.807) is 13.2 Å². The number of halogens is 1. The molecule has 0 atom stereocenters. The highest BCUT2D eigenvalue weighted by Gasteiger charge is 2.18. The van der Waals surface area contributed by atoms with Crippen LogP contribution in [0.1, 0.15) is 23.9 Å². The largest absolute Gasteiger partial charge is 0.497 e. The molecule has 37 heavy (non-hydrogen) atoms. The molecule has 0 saturated heterocycles. The SMILES string of the molecule is CCOc1ccccc1NC(=O)NCc1nnc(SCc2cccc(OC)c2)n1-c1cc(Cl)ccc1C. The number of rotatable bonds is 10. The van der Waals surface area contributed by atoms with E-state index < -0.39 is 0 Å². The Bertz CT molecular complexity index is 1380. The van der Waals surface area contributed by atoms with Crippen LogP contribution in [0, 0.1) is 6.92 Å². The minimum Gasteiger partial charge on any atom is -0.497 e. The number of methoxy groups -OCH3 is 1. The van der Waals surface area contributed by atoms with Crippen molar-refractivity contribution in [1.29, 1.82) is 0 Å². The highest BCUT2D eigenvalue weighted by Crippen LogP contribution is 2.29. The fourth-order valence-corrected chi connectivity index (χ4v) is 4.73. The van der Waals surface area contributed by atoms with Crippen LogP contribution in [0.5, 0.6) is 11.5 Å². The number of thioether (sulfide) groups is 1. The lowest BCUT2D eigenvalue weighted by molar-refractivity contribution is 0.251. The van der Waals surface area contributed by atoms with Crippen molar-refractivity contribution in [2.24, 2.45) is 0 Å². The monoisotopic (exact) mass is 537 g/mol. The van der Waals surface area contributed by atoms with Gasteiger partial charge in [-0.2, -0.15) is 0 Å². The third kappa shape index (κ3) is 6.75. The van der Waals surface area contributed by atoms with Gasteiger partial charge in [-0.25, -0.2) is 4.79 Å². The third-order valence-electron chi connectivity index (χ3n) is 5.46. The number of amides is 2. The molecule has 192 valence electrons. The summed E-state index contributed by atoms with van der Waals surface area (Å²) in [5.74, 6) is 2.64. The molecule has 0 fully saturated rings. The summed E-state index contributed by atoms with van der Waals surface area (Å²) in [5.41, 5.74) is 3.53. The number of aryl methyl sites for hydroxylation is 1. The van der Waals surface area contributed by atoms with Crippen LogP contribution in [0.25, 0.3) is 5.69 Å². The van der Waals surface area contributed by atoms with Gasteiger partial charge in [0.05, 0.1) is 31.6 Å². The van der Waals surface area contributed by atoms with Crippen LogP contribution in [-0.2, 0) is 12.3 Å². The molecule has 0 saturated carbocycles. The molecule has 0 aliphatic heterocycles. The van der Waals surface area contributed by atoms with Gasteiger partial charge in [-0.1, -0.05) is 53.7 Å². The molecule has 4 rings (SSSR count). The number of aromatic nitrogens is 3. The lowest BCUT2D eigenvalue weighted by Crippen LogP contribution is -2.29. The summed E-state index contributed by atoms with van der Waals surface area (Å²) in [6.45, 7) is 4.54. The van der Waals surface area contributed by atoms with Gasteiger partial charge in [0.15, 0.2) is 11.0 Å². The molecule has 0 radical (unpaired) electrons. The molecule has 10 heteroatoms. The van der Waals surface area contributed by atoms with Gasteiger partial charge >= 0.3 is 6.03 Å². The number of ether oxygens (including phenoxy) is 2. The van der Waals surface area contributed by atoms with Crippen molar-refractivity contribution in [2.45, 2.75) is 31.3 Å². The second-order valence-corrected chi connectivity index (χ2v) is 9.42. The molecular formula is C27H28ClN5O3S. The van der Waals surface area contributed by atoms with E-state index in [1.165, 1.54) is 11.8 Å². The fourth-order valence-electron chi connectivity index (χ4n) is 3.66. The summed E-state index contributed by atoms with van der Waals surface area (Å²) >= 11 is 7.88. The van der Waals surface area contributed by atoms with Gasteiger partial charge in [0.25, 0.3) is 0 Å². The molecule has 4 aromatic rings. The minimum absolute atomic E-state index is 0.154. The number of nitrogens with one attached hydrogen (secondary N) is 2. The highest BCUT2D eigenvalue weighted by molar-refractivity contribution is 7.98. The van der Waals surface area contributed by atoms with E-state index in [1.807, 2.05) is 79.1 Å². The Kier molecular flexibility index (Phi) is 8.92. The van der Waals surface area contributed by atoms with Crippen LogP contribution in [0.2, 0.25) is 5.02 Å². The number of carbonyl (C=O) groups excluding carboxylic acids is 1. The van der Waals surface area contributed by atoms with Crippen LogP contribution in [-0.4, -0.2) is 34.5 Å². The van der Waals surface area contributed by atoms with Crippen LogP contribution in [0.15, 0.2) is 71.9 Å². The van der Waals surface area contributed by atoms with Gasteiger partial charge in [0.1, 0.15) is 11.5 Å². The highest BCUT2D eigenvalue weighted by atomic mass is 35.5. The maximum Gasteiger partial charge on any atom is 0.319 e. The lowest BCUT2D eigenvalue weighted by Gasteiger charge is -2.15. The Balaban J connectivity index is 1.55. The van der Waals surface area contributed by atoms with Gasteiger partial charge in [0.2, 0.25) is 0 Å². The number of hydrogen-bond acceptors (Lipinski definition) is 6. The molecular weight excluding hydrogens is 510 g/mol. The Hall–Kier alpha value is -3.69. The summed E-state index contributed by atoms with van der Waals surface area (Å²) in [5, 5.41) is 15.8. The molecule has 0 aliphatic rings. The van der Waals surface area contributed by atoms with Gasteiger partial charge in [0, 0.05) is 10.8 Å². The number of hydrogen-bond donors (Lipinski definition) is 2. The second-order valence-electron chi connectivity index (χ2n) is 8.04. The smallest absolute Gasteiger partial charge is 0.319 e. The maximum absolute atomic E-state index is 12.7. The Labute approximate surface area is 225 Å². The first-order valence-electron chi connectivity index (χ1n) is 11.7. The number of anilines is 1. The Morgan fingerprint density at radius 2 is 1.92 bits per heavy atom. The third-order valence-corrected chi connectivity index (χ3v) is 6.69. The molecule has 0 bridgehead atoms. The predicted molar refractivity (Wildman–Crippen MR) is 147 cm³/mol. The van der Waals surface area contributed by atoms with Crippen molar-refractivity contribution >= 4 is 35.1 Å². The number of benzene rings is 3. The van der Waals surface area contributed by atoms with Gasteiger partial charge < -0.3 is 20.1 Å². The Morgan fingerprint density at radius 1 is 1.08 bits per heavy atom. The van der Waals surface area contributed by atoms with E-state index in [9.17, 15) is 4.79 Å². The van der Waals surface area contributed by atoms with Crippen LogP contribution < -0.4 is 20.1 Å². The summed E-state index contributed by atoms with van der Waals surface area (Å²) in [6.07, 6.45) is 0. The first kappa shape index (κ1) is 26.4. The predicted octanol–water partition coefficient (Wildman–Crippen LogP) is 6.25. The van der Waals surface area contributed by atoms with Crippen molar-refractivity contribution in [1.82, 2.24) is 20.1 Å². The average molecular weight is 538 g/mol. The maximum atomic E-state index is 12.7. The molecule has 0 spiro atoms. The van der Waals surface area contributed by atoms with Crippen molar-refractivity contribution in [3.8, 4) is 17.2 Å². The fraction of sp³-hybridized carbons (Fsp3) is 0.222. The number of urea groups is 1. The summed E-state index contributed by atoms with van der Waals surface area (Å²) in [6, 6.07) is 20.5. The van der Waals surface area contributed by atoms with Crippen molar-refractivity contribution in [3.05, 3.63) is 88.7 Å².